The van der Waals surface area contributed by atoms with Crippen molar-refractivity contribution in [1.82, 2.24) is 0 Å². The maximum atomic E-state index is 13.4. The summed E-state index contributed by atoms with van der Waals surface area (Å²) in [5.74, 6) is -0.0823. The lowest BCUT2D eigenvalue weighted by Gasteiger charge is -2.56. The summed E-state index contributed by atoms with van der Waals surface area (Å²) in [6.07, 6.45) is 10.2. The van der Waals surface area contributed by atoms with Crippen LogP contribution in [0.25, 0.3) is 11.1 Å². The normalized spacial score (nSPS) is 34.3. The molecule has 5 fully saturated rings. The number of aliphatic carboxylic acids is 1. The van der Waals surface area contributed by atoms with E-state index >= 15 is 0 Å². The first kappa shape index (κ1) is 26.9. The van der Waals surface area contributed by atoms with Gasteiger partial charge in [-0.05, 0) is 104 Å². The van der Waals surface area contributed by atoms with Crippen molar-refractivity contribution < 1.29 is 29.3 Å². The van der Waals surface area contributed by atoms with Gasteiger partial charge >= 0.3 is 11.9 Å². The number of carbonyl (C=O) groups excluding carboxylic acids is 2. The van der Waals surface area contributed by atoms with E-state index in [-0.39, 0.29) is 16.8 Å². The van der Waals surface area contributed by atoms with Gasteiger partial charge in [0.15, 0.2) is 11.4 Å². The standard InChI is InChI=1S/C34H38O6/c35-29(20-33-17-22-13-23(18-33)15-24(14-22)19-33)11-9-28-10-12-30(36)34(28,21-31(37)38)40-32(39)27-8-4-7-26(16-27)25-5-2-1-3-6-25/h1-9,11,16,22-24,28,30,36H,10,12-15,17-21H2,(H,37,38). The van der Waals surface area contributed by atoms with Gasteiger partial charge in [0.25, 0.3) is 0 Å². The summed E-state index contributed by atoms with van der Waals surface area (Å²) in [5, 5.41) is 20.8. The third-order valence-corrected chi connectivity index (χ3v) is 10.1. The van der Waals surface area contributed by atoms with Crippen LogP contribution in [0.2, 0.25) is 0 Å². The highest BCUT2D eigenvalue weighted by molar-refractivity contribution is 5.92. The number of hydrogen-bond acceptors (Lipinski definition) is 5. The van der Waals surface area contributed by atoms with Gasteiger partial charge in [0.2, 0.25) is 0 Å². The first-order valence-corrected chi connectivity index (χ1v) is 14.7. The van der Waals surface area contributed by atoms with Crippen LogP contribution in [0.5, 0.6) is 0 Å². The lowest BCUT2D eigenvalue weighted by atomic mass is 9.48. The van der Waals surface area contributed by atoms with E-state index < -0.39 is 36.0 Å². The van der Waals surface area contributed by atoms with E-state index in [1.54, 1.807) is 30.4 Å². The SMILES string of the molecule is O=C(O)CC1(OC(=O)c2cccc(-c3ccccc3)c2)C(O)CCC1C=CC(=O)CC12CC3CC(CC(C3)C1)C2. The largest absolute Gasteiger partial charge is 0.481 e. The zero-order chi connectivity index (χ0) is 27.9. The number of allylic oxidation sites excluding steroid dienone is 1. The van der Waals surface area contributed by atoms with E-state index in [4.69, 9.17) is 4.74 Å². The highest BCUT2D eigenvalue weighted by Gasteiger charge is 2.54. The van der Waals surface area contributed by atoms with Crippen LogP contribution in [-0.2, 0) is 14.3 Å². The quantitative estimate of drug-likeness (QED) is 0.288. The number of carbonyl (C=O) groups is 3. The molecule has 0 amide bonds. The Bertz CT molecular complexity index is 1280. The molecule has 3 atom stereocenters. The van der Waals surface area contributed by atoms with Gasteiger partial charge in [-0.3, -0.25) is 9.59 Å². The molecule has 7 rings (SSSR count). The Labute approximate surface area is 235 Å². The number of hydrogen-bond donors (Lipinski definition) is 2. The van der Waals surface area contributed by atoms with E-state index in [1.165, 1.54) is 19.3 Å². The molecule has 0 radical (unpaired) electrons. The summed E-state index contributed by atoms with van der Waals surface area (Å²) in [6.45, 7) is 0. The third kappa shape index (κ3) is 5.26. The van der Waals surface area contributed by atoms with E-state index in [0.717, 1.165) is 48.1 Å². The van der Waals surface area contributed by atoms with E-state index in [9.17, 15) is 24.6 Å². The van der Waals surface area contributed by atoms with Crippen molar-refractivity contribution in [2.75, 3.05) is 0 Å². The lowest BCUT2D eigenvalue weighted by molar-refractivity contribution is -0.150. The van der Waals surface area contributed by atoms with Crippen LogP contribution in [0.15, 0.2) is 66.7 Å². The van der Waals surface area contributed by atoms with Gasteiger partial charge < -0.3 is 14.9 Å². The number of rotatable bonds is 9. The first-order chi connectivity index (χ1) is 19.2. The molecular formula is C34H38O6. The number of carboxylic acids is 1. The van der Waals surface area contributed by atoms with Gasteiger partial charge in [-0.2, -0.15) is 0 Å². The van der Waals surface area contributed by atoms with Gasteiger partial charge in [-0.1, -0.05) is 48.5 Å². The lowest BCUT2D eigenvalue weighted by Crippen LogP contribution is -2.48. The molecule has 2 aromatic carbocycles. The van der Waals surface area contributed by atoms with Gasteiger partial charge in [0.05, 0.1) is 18.1 Å². The molecule has 6 heteroatoms. The van der Waals surface area contributed by atoms with Gasteiger partial charge in [-0.25, -0.2) is 4.79 Å². The highest BCUT2D eigenvalue weighted by atomic mass is 16.6. The first-order valence-electron chi connectivity index (χ1n) is 14.7. The molecule has 40 heavy (non-hydrogen) atoms. The van der Waals surface area contributed by atoms with Crippen molar-refractivity contribution in [3.63, 3.8) is 0 Å². The molecule has 2 N–H and O–H groups in total. The second-order valence-electron chi connectivity index (χ2n) is 13.0. The molecule has 0 saturated heterocycles. The van der Waals surface area contributed by atoms with E-state index in [0.29, 0.717) is 19.3 Å². The smallest absolute Gasteiger partial charge is 0.338 e. The van der Waals surface area contributed by atoms with Crippen LogP contribution < -0.4 is 0 Å². The molecule has 4 bridgehead atoms. The van der Waals surface area contributed by atoms with Crippen LogP contribution in [0.4, 0.5) is 0 Å². The molecule has 5 saturated carbocycles. The number of aliphatic hydroxyl groups excluding tert-OH is 1. The number of ketones is 1. The van der Waals surface area contributed by atoms with Gasteiger partial charge in [-0.15, -0.1) is 0 Å². The molecule has 5 aliphatic carbocycles. The van der Waals surface area contributed by atoms with Crippen molar-refractivity contribution in [3.05, 3.63) is 72.3 Å². The maximum Gasteiger partial charge on any atom is 0.338 e. The fourth-order valence-electron chi connectivity index (χ4n) is 8.84. The summed E-state index contributed by atoms with van der Waals surface area (Å²) in [5.41, 5.74) is 0.534. The molecular weight excluding hydrogens is 504 g/mol. The predicted molar refractivity (Wildman–Crippen MR) is 150 cm³/mol. The Morgan fingerprint density at radius 1 is 0.850 bits per heavy atom. The molecule has 3 unspecified atom stereocenters. The Hall–Kier alpha value is -3.25. The van der Waals surface area contributed by atoms with Crippen molar-refractivity contribution in [1.29, 1.82) is 0 Å². The minimum Gasteiger partial charge on any atom is -0.481 e. The van der Waals surface area contributed by atoms with Gasteiger partial charge in [0, 0.05) is 12.3 Å². The highest BCUT2D eigenvalue weighted by Crippen LogP contribution is 2.61. The molecule has 0 aromatic heterocycles. The van der Waals surface area contributed by atoms with Crippen LogP contribution in [0, 0.1) is 29.1 Å². The minimum atomic E-state index is -1.64. The number of aliphatic hydroxyl groups is 1. The molecule has 0 aliphatic heterocycles. The molecule has 210 valence electrons. The van der Waals surface area contributed by atoms with Crippen LogP contribution in [-0.4, -0.2) is 39.6 Å². The van der Waals surface area contributed by atoms with E-state index in [1.807, 2.05) is 36.4 Å². The van der Waals surface area contributed by atoms with Gasteiger partial charge in [0.1, 0.15) is 0 Å². The van der Waals surface area contributed by atoms with Crippen LogP contribution in [0.1, 0.15) is 74.6 Å². The second kappa shape index (κ2) is 10.6. The predicted octanol–water partition coefficient (Wildman–Crippen LogP) is 6.23. The fourth-order valence-corrected chi connectivity index (χ4v) is 8.84. The van der Waals surface area contributed by atoms with Crippen molar-refractivity contribution in [2.45, 2.75) is 75.9 Å². The molecule has 5 aliphatic rings. The summed E-state index contributed by atoms with van der Waals surface area (Å²) < 4.78 is 5.95. The minimum absolute atomic E-state index is 0.0504. The maximum absolute atomic E-state index is 13.4. The summed E-state index contributed by atoms with van der Waals surface area (Å²) in [6, 6.07) is 16.6. The number of ether oxygens (including phenoxy) is 1. The van der Waals surface area contributed by atoms with Crippen molar-refractivity contribution in [3.8, 4) is 11.1 Å². The van der Waals surface area contributed by atoms with Crippen molar-refractivity contribution in [2.24, 2.45) is 29.1 Å². The zero-order valence-corrected chi connectivity index (χ0v) is 22.8. The monoisotopic (exact) mass is 542 g/mol. The number of carboxylic acid groups (broad SMARTS) is 1. The Balaban J connectivity index is 1.20. The van der Waals surface area contributed by atoms with Crippen LogP contribution >= 0.6 is 0 Å². The molecule has 2 aromatic rings. The van der Waals surface area contributed by atoms with E-state index in [2.05, 4.69) is 0 Å². The Morgan fingerprint density at radius 3 is 2.15 bits per heavy atom. The average Bonchev–Trinajstić information content (AvgIpc) is 3.20. The molecule has 6 nitrogen and oxygen atoms in total. The van der Waals surface area contributed by atoms with Crippen molar-refractivity contribution >= 4 is 17.7 Å². The topological polar surface area (TPSA) is 101 Å². The fraction of sp³-hybridized carbons (Fsp3) is 0.500. The summed E-state index contributed by atoms with van der Waals surface area (Å²) >= 11 is 0. The Morgan fingerprint density at radius 2 is 1.50 bits per heavy atom. The third-order valence-electron chi connectivity index (χ3n) is 10.1. The van der Waals surface area contributed by atoms with Crippen LogP contribution in [0.3, 0.4) is 0 Å². The molecule has 0 spiro atoms. The second-order valence-corrected chi connectivity index (χ2v) is 13.0. The summed E-state index contributed by atoms with van der Waals surface area (Å²) in [7, 11) is 0. The summed E-state index contributed by atoms with van der Waals surface area (Å²) in [4.78, 5) is 38.6. The average molecular weight is 543 g/mol. The Kier molecular flexibility index (Phi) is 7.16. The number of esters is 1. The molecule has 0 heterocycles. The number of benzene rings is 2. The zero-order valence-electron chi connectivity index (χ0n) is 22.8.